The van der Waals surface area contributed by atoms with Gasteiger partial charge in [0.05, 0.1) is 14.2 Å². The van der Waals surface area contributed by atoms with Gasteiger partial charge in [-0.25, -0.2) is 0 Å². The molecule has 20 heavy (non-hydrogen) atoms. The van der Waals surface area contributed by atoms with E-state index >= 15 is 0 Å². The molecule has 0 aromatic heterocycles. The van der Waals surface area contributed by atoms with E-state index in [9.17, 15) is 5.11 Å². The number of methoxy groups -OCH3 is 2. The smallest absolute Gasteiger partial charge is 0.126 e. The molecule has 106 valence electrons. The van der Waals surface area contributed by atoms with Gasteiger partial charge in [0.15, 0.2) is 0 Å². The third kappa shape index (κ3) is 2.85. The molecule has 2 aromatic carbocycles. The largest absolute Gasteiger partial charge is 0.496 e. The fourth-order valence-corrected chi connectivity index (χ4v) is 3.20. The Morgan fingerprint density at radius 1 is 0.850 bits per heavy atom. The van der Waals surface area contributed by atoms with E-state index in [4.69, 9.17) is 9.47 Å². The molecule has 0 aliphatic heterocycles. The number of hydrogen-bond donors (Lipinski definition) is 1. The van der Waals surface area contributed by atoms with Crippen molar-refractivity contribution in [2.75, 3.05) is 14.2 Å². The Bertz CT molecular complexity index is 561. The average molecular weight is 402 g/mol. The van der Waals surface area contributed by atoms with E-state index in [0.29, 0.717) is 22.6 Å². The Morgan fingerprint density at radius 3 is 1.60 bits per heavy atom. The van der Waals surface area contributed by atoms with E-state index < -0.39 is 6.10 Å². The van der Waals surface area contributed by atoms with Crippen LogP contribution in [0.5, 0.6) is 11.5 Å². The molecule has 0 saturated heterocycles. The van der Waals surface area contributed by atoms with Crippen LogP contribution >= 0.6 is 31.9 Å². The molecule has 0 heterocycles. The van der Waals surface area contributed by atoms with Gasteiger partial charge in [0, 0.05) is 20.1 Å². The lowest BCUT2D eigenvalue weighted by Gasteiger charge is -2.20. The molecule has 2 aromatic rings. The number of benzene rings is 2. The number of rotatable bonds is 4. The van der Waals surface area contributed by atoms with Crippen LogP contribution in [-0.2, 0) is 0 Å². The molecule has 3 nitrogen and oxygen atoms in total. The van der Waals surface area contributed by atoms with Crippen molar-refractivity contribution in [1.29, 1.82) is 0 Å². The summed E-state index contributed by atoms with van der Waals surface area (Å²) in [4.78, 5) is 0. The number of halogens is 2. The van der Waals surface area contributed by atoms with Gasteiger partial charge in [-0.15, -0.1) is 0 Å². The molecule has 0 saturated carbocycles. The minimum absolute atomic E-state index is 0.615. The second kappa shape index (κ2) is 6.61. The molecule has 2 rings (SSSR count). The van der Waals surface area contributed by atoms with Crippen molar-refractivity contribution in [1.82, 2.24) is 0 Å². The van der Waals surface area contributed by atoms with Crippen molar-refractivity contribution in [3.05, 3.63) is 56.5 Å². The summed E-state index contributed by atoms with van der Waals surface area (Å²) in [5.74, 6) is 1.23. The van der Waals surface area contributed by atoms with Crippen LogP contribution in [0, 0.1) is 0 Å². The van der Waals surface area contributed by atoms with Gasteiger partial charge in [-0.05, 0) is 24.3 Å². The predicted molar refractivity (Wildman–Crippen MR) is 85.4 cm³/mol. The van der Waals surface area contributed by atoms with Gasteiger partial charge in [-0.1, -0.05) is 44.0 Å². The van der Waals surface area contributed by atoms with E-state index in [-0.39, 0.29) is 0 Å². The minimum Gasteiger partial charge on any atom is -0.496 e. The molecular weight excluding hydrogens is 388 g/mol. The maximum absolute atomic E-state index is 10.8. The Morgan fingerprint density at radius 2 is 1.25 bits per heavy atom. The zero-order valence-corrected chi connectivity index (χ0v) is 14.2. The zero-order chi connectivity index (χ0) is 14.7. The topological polar surface area (TPSA) is 38.7 Å². The minimum atomic E-state index is -0.869. The lowest BCUT2D eigenvalue weighted by molar-refractivity contribution is 0.208. The summed E-state index contributed by atoms with van der Waals surface area (Å²) in [7, 11) is 3.16. The van der Waals surface area contributed by atoms with Crippen molar-refractivity contribution < 1.29 is 14.6 Å². The highest BCUT2D eigenvalue weighted by Gasteiger charge is 2.23. The standard InChI is InChI=1S/C15H14Br2O3/c1-19-11-7-3-5-9(16)13(11)15(18)14-10(17)6-4-8-12(14)20-2/h3-8,15,18H,1-2H3. The Labute approximate surface area is 134 Å². The molecule has 0 amide bonds. The number of hydrogen-bond acceptors (Lipinski definition) is 3. The highest BCUT2D eigenvalue weighted by molar-refractivity contribution is 9.10. The van der Waals surface area contributed by atoms with E-state index in [1.807, 2.05) is 36.4 Å². The van der Waals surface area contributed by atoms with Crippen LogP contribution in [0.3, 0.4) is 0 Å². The second-order valence-electron chi connectivity index (χ2n) is 4.11. The molecule has 0 aliphatic rings. The first kappa shape index (κ1) is 15.4. The Balaban J connectivity index is 2.60. The third-order valence-electron chi connectivity index (χ3n) is 3.01. The lowest BCUT2D eigenvalue weighted by Crippen LogP contribution is -2.06. The second-order valence-corrected chi connectivity index (χ2v) is 5.82. The Hall–Kier alpha value is -1.04. The van der Waals surface area contributed by atoms with Gasteiger partial charge < -0.3 is 14.6 Å². The van der Waals surface area contributed by atoms with Crippen LogP contribution in [-0.4, -0.2) is 19.3 Å². The predicted octanol–water partition coefficient (Wildman–Crippen LogP) is 4.31. The fraction of sp³-hybridized carbons (Fsp3) is 0.200. The van der Waals surface area contributed by atoms with Gasteiger partial charge in [0.25, 0.3) is 0 Å². The molecule has 1 N–H and O–H groups in total. The summed E-state index contributed by atoms with van der Waals surface area (Å²) in [6.45, 7) is 0. The van der Waals surface area contributed by atoms with Crippen LogP contribution in [0.2, 0.25) is 0 Å². The third-order valence-corrected chi connectivity index (χ3v) is 4.40. The van der Waals surface area contributed by atoms with Crippen LogP contribution in [0.1, 0.15) is 17.2 Å². The normalized spacial score (nSPS) is 10.7. The lowest BCUT2D eigenvalue weighted by atomic mass is 10.00. The molecule has 0 aliphatic carbocycles. The first-order chi connectivity index (χ1) is 9.60. The van der Waals surface area contributed by atoms with Crippen LogP contribution in [0.15, 0.2) is 45.3 Å². The van der Waals surface area contributed by atoms with Crippen molar-refractivity contribution in [2.45, 2.75) is 6.10 Å². The fourth-order valence-electron chi connectivity index (χ4n) is 2.07. The van der Waals surface area contributed by atoms with Gasteiger partial charge in [0.1, 0.15) is 17.6 Å². The van der Waals surface area contributed by atoms with Crippen LogP contribution in [0.4, 0.5) is 0 Å². The van der Waals surface area contributed by atoms with E-state index in [2.05, 4.69) is 31.9 Å². The molecule has 0 atom stereocenters. The molecule has 0 bridgehead atoms. The summed E-state index contributed by atoms with van der Waals surface area (Å²) in [5, 5.41) is 10.8. The number of aliphatic hydroxyl groups is 1. The van der Waals surface area contributed by atoms with Crippen molar-refractivity contribution >= 4 is 31.9 Å². The molecule has 0 unspecified atom stereocenters. The highest BCUT2D eigenvalue weighted by atomic mass is 79.9. The summed E-state index contributed by atoms with van der Waals surface area (Å²) < 4.78 is 12.2. The quantitative estimate of drug-likeness (QED) is 0.829. The Kier molecular flexibility index (Phi) is 5.07. The van der Waals surface area contributed by atoms with E-state index in [1.165, 1.54) is 0 Å². The van der Waals surface area contributed by atoms with Gasteiger partial charge >= 0.3 is 0 Å². The van der Waals surface area contributed by atoms with Crippen molar-refractivity contribution in [3.8, 4) is 11.5 Å². The number of ether oxygens (including phenoxy) is 2. The van der Waals surface area contributed by atoms with Crippen LogP contribution < -0.4 is 9.47 Å². The zero-order valence-electron chi connectivity index (χ0n) is 11.1. The van der Waals surface area contributed by atoms with Gasteiger partial charge in [-0.2, -0.15) is 0 Å². The molecule has 5 heteroatoms. The SMILES string of the molecule is COc1cccc(Br)c1C(O)c1c(Br)cccc1OC. The van der Waals surface area contributed by atoms with Crippen molar-refractivity contribution in [3.63, 3.8) is 0 Å². The molecule has 0 radical (unpaired) electrons. The van der Waals surface area contributed by atoms with E-state index in [1.54, 1.807) is 14.2 Å². The molecule has 0 spiro atoms. The number of aliphatic hydroxyl groups excluding tert-OH is 1. The highest BCUT2D eigenvalue weighted by Crippen LogP contribution is 2.41. The first-order valence-electron chi connectivity index (χ1n) is 5.93. The first-order valence-corrected chi connectivity index (χ1v) is 7.51. The van der Waals surface area contributed by atoms with Gasteiger partial charge in [0.2, 0.25) is 0 Å². The summed E-state index contributed by atoms with van der Waals surface area (Å²) >= 11 is 6.92. The van der Waals surface area contributed by atoms with Crippen molar-refractivity contribution in [2.24, 2.45) is 0 Å². The van der Waals surface area contributed by atoms with Crippen LogP contribution in [0.25, 0.3) is 0 Å². The monoisotopic (exact) mass is 400 g/mol. The summed E-state index contributed by atoms with van der Waals surface area (Å²) in [6, 6.07) is 11.1. The van der Waals surface area contributed by atoms with Gasteiger partial charge in [-0.3, -0.25) is 0 Å². The maximum Gasteiger partial charge on any atom is 0.126 e. The summed E-state index contributed by atoms with van der Waals surface area (Å²) in [5.41, 5.74) is 1.33. The average Bonchev–Trinajstić information content (AvgIpc) is 2.45. The summed E-state index contributed by atoms with van der Waals surface area (Å²) in [6.07, 6.45) is -0.869. The molecular formula is C15H14Br2O3. The van der Waals surface area contributed by atoms with E-state index in [0.717, 1.165) is 8.95 Å². The molecule has 0 fully saturated rings. The maximum atomic E-state index is 10.8.